The maximum atomic E-state index is 13.6. The number of amides is 1. The van der Waals surface area contributed by atoms with Crippen LogP contribution in [-0.4, -0.2) is 52.2 Å². The first-order valence-electron chi connectivity index (χ1n) is 11.3. The molecule has 0 aliphatic carbocycles. The average Bonchev–Trinajstić information content (AvgIpc) is 3.45. The lowest BCUT2D eigenvalue weighted by molar-refractivity contribution is -0.120. The maximum absolute atomic E-state index is 13.6. The van der Waals surface area contributed by atoms with Crippen molar-refractivity contribution in [1.29, 1.82) is 0 Å². The second kappa shape index (κ2) is 8.11. The van der Waals surface area contributed by atoms with E-state index in [-0.39, 0.29) is 16.7 Å². The van der Waals surface area contributed by atoms with E-state index in [1.54, 1.807) is 30.6 Å². The molecule has 0 unspecified atom stereocenters. The number of rotatable bonds is 4. The predicted molar refractivity (Wildman–Crippen MR) is 135 cm³/mol. The molecular formula is C26H22ClN5O3. The summed E-state index contributed by atoms with van der Waals surface area (Å²) in [4.78, 5) is 36.2. The van der Waals surface area contributed by atoms with E-state index in [2.05, 4.69) is 25.5 Å². The number of nitrogens with one attached hydrogen (secondary N) is 3. The van der Waals surface area contributed by atoms with Crippen LogP contribution >= 0.6 is 11.6 Å². The van der Waals surface area contributed by atoms with Crippen LogP contribution in [0.15, 0.2) is 60.9 Å². The Kier molecular flexibility index (Phi) is 5.01. The zero-order valence-electron chi connectivity index (χ0n) is 18.9. The number of H-pyrrole nitrogens is 1. The van der Waals surface area contributed by atoms with Crippen LogP contribution in [-0.2, 0) is 4.79 Å². The molecule has 8 nitrogen and oxygen atoms in total. The van der Waals surface area contributed by atoms with Crippen molar-refractivity contribution < 1.29 is 14.3 Å². The summed E-state index contributed by atoms with van der Waals surface area (Å²) in [5.74, 6) is 0.874. The predicted octanol–water partition coefficient (Wildman–Crippen LogP) is 4.68. The largest absolute Gasteiger partial charge is 0.457 e. The molecule has 1 spiro atoms. The second-order valence-corrected chi connectivity index (χ2v) is 9.41. The summed E-state index contributed by atoms with van der Waals surface area (Å²) in [5.41, 5.74) is 1.82. The Balaban J connectivity index is 1.37. The zero-order chi connectivity index (χ0) is 24.2. The average molecular weight is 488 g/mol. The number of hydrogen-bond donors (Lipinski definition) is 3. The molecule has 9 heteroatoms. The van der Waals surface area contributed by atoms with Crippen LogP contribution in [0.4, 0.5) is 11.4 Å². The number of pyridine rings is 1. The molecule has 1 fully saturated rings. The van der Waals surface area contributed by atoms with Gasteiger partial charge in [-0.2, -0.15) is 0 Å². The van der Waals surface area contributed by atoms with Gasteiger partial charge in [-0.15, -0.1) is 0 Å². The minimum Gasteiger partial charge on any atom is -0.457 e. The standard InChI is InChI=1S/C26H22ClN5O3/c1-32-10-9-26(14-32)25(34)30-20-13-29-24-21(22(20)31-26)18(12-28-24)23(33)17-8-7-16(11-19(17)27)35-15-5-3-2-4-6-15/h2-8,11-13,31H,9-10,14H2,1H3,(H,28,29)(H,30,34)/t26-/m0/s1. The number of carbonyl (C=O) groups excluding carboxylic acids is 2. The van der Waals surface area contributed by atoms with Crippen molar-refractivity contribution in [3.05, 3.63) is 77.1 Å². The third-order valence-electron chi connectivity index (χ3n) is 6.62. The van der Waals surface area contributed by atoms with Crippen molar-refractivity contribution in [3.8, 4) is 11.5 Å². The second-order valence-electron chi connectivity index (χ2n) is 9.01. The van der Waals surface area contributed by atoms with Crippen LogP contribution in [0.25, 0.3) is 11.0 Å². The molecule has 0 saturated carbocycles. The fourth-order valence-electron chi connectivity index (χ4n) is 4.84. The fraction of sp³-hybridized carbons (Fsp3) is 0.192. The molecule has 3 N–H and O–H groups in total. The molecule has 2 aromatic heterocycles. The van der Waals surface area contributed by atoms with Gasteiger partial charge in [0.05, 0.1) is 33.5 Å². The van der Waals surface area contributed by atoms with E-state index in [9.17, 15) is 9.59 Å². The summed E-state index contributed by atoms with van der Waals surface area (Å²) < 4.78 is 5.84. The molecule has 35 heavy (non-hydrogen) atoms. The molecule has 2 aromatic carbocycles. The van der Waals surface area contributed by atoms with E-state index < -0.39 is 5.54 Å². The lowest BCUT2D eigenvalue weighted by Gasteiger charge is -2.35. The Hall–Kier alpha value is -3.88. The van der Waals surface area contributed by atoms with Gasteiger partial charge in [0.2, 0.25) is 0 Å². The Labute approximate surface area is 206 Å². The number of likely N-dealkylation sites (tertiary alicyclic amines) is 1. The third-order valence-corrected chi connectivity index (χ3v) is 6.93. The zero-order valence-corrected chi connectivity index (χ0v) is 19.6. The topological polar surface area (TPSA) is 99.3 Å². The minimum atomic E-state index is -0.748. The van der Waals surface area contributed by atoms with E-state index in [0.29, 0.717) is 58.0 Å². The summed E-state index contributed by atoms with van der Waals surface area (Å²) in [5, 5.41) is 7.36. The van der Waals surface area contributed by atoms with Crippen LogP contribution in [0.3, 0.4) is 0 Å². The number of nitrogens with zero attached hydrogens (tertiary/aromatic N) is 2. The van der Waals surface area contributed by atoms with Gasteiger partial charge < -0.3 is 25.3 Å². The van der Waals surface area contributed by atoms with E-state index >= 15 is 0 Å². The first-order valence-corrected chi connectivity index (χ1v) is 11.7. The van der Waals surface area contributed by atoms with Gasteiger partial charge >= 0.3 is 0 Å². The molecule has 0 bridgehead atoms. The molecule has 4 aromatic rings. The summed E-state index contributed by atoms with van der Waals surface area (Å²) in [7, 11) is 1.99. The number of fused-ring (bicyclic) bond motifs is 3. The summed E-state index contributed by atoms with van der Waals surface area (Å²) in [6.07, 6.45) is 3.90. The van der Waals surface area contributed by atoms with E-state index in [1.807, 2.05) is 37.4 Å². The number of para-hydroxylation sites is 1. The van der Waals surface area contributed by atoms with Crippen LogP contribution in [0, 0.1) is 0 Å². The Morgan fingerprint density at radius 3 is 2.71 bits per heavy atom. The Morgan fingerprint density at radius 1 is 1.14 bits per heavy atom. The first-order chi connectivity index (χ1) is 16.9. The Bertz CT molecular complexity index is 1490. The molecule has 1 saturated heterocycles. The highest BCUT2D eigenvalue weighted by atomic mass is 35.5. The van der Waals surface area contributed by atoms with Gasteiger partial charge in [-0.3, -0.25) is 9.59 Å². The number of benzene rings is 2. The number of carbonyl (C=O) groups is 2. The molecule has 1 atom stereocenters. The number of ether oxygens (including phenoxy) is 1. The summed E-state index contributed by atoms with van der Waals surface area (Å²) in [6.45, 7) is 1.38. The molecule has 4 heterocycles. The normalized spacial score (nSPS) is 19.4. The fourth-order valence-corrected chi connectivity index (χ4v) is 5.09. The van der Waals surface area contributed by atoms with Crippen molar-refractivity contribution in [2.45, 2.75) is 12.0 Å². The van der Waals surface area contributed by atoms with Gasteiger partial charge in [0.1, 0.15) is 22.7 Å². The van der Waals surface area contributed by atoms with Crippen molar-refractivity contribution in [1.82, 2.24) is 14.9 Å². The SMILES string of the molecule is CN1CC[C@@]2(C1)Nc1c(cnc3[nH]cc(C(=O)c4ccc(Oc5ccccc5)cc4Cl)c13)NC2=O. The van der Waals surface area contributed by atoms with E-state index in [4.69, 9.17) is 16.3 Å². The lowest BCUT2D eigenvalue weighted by Crippen LogP contribution is -2.54. The van der Waals surface area contributed by atoms with Gasteiger partial charge in [0, 0.05) is 30.9 Å². The van der Waals surface area contributed by atoms with Crippen LogP contribution in [0.1, 0.15) is 22.3 Å². The van der Waals surface area contributed by atoms with Gasteiger partial charge in [-0.1, -0.05) is 29.8 Å². The number of likely N-dealkylation sites (N-methyl/N-ethyl adjacent to an activating group) is 1. The summed E-state index contributed by atoms with van der Waals surface area (Å²) in [6, 6.07) is 14.4. The molecule has 176 valence electrons. The third kappa shape index (κ3) is 3.62. The first kappa shape index (κ1) is 21.6. The Morgan fingerprint density at radius 2 is 1.97 bits per heavy atom. The number of halogens is 1. The van der Waals surface area contributed by atoms with Crippen molar-refractivity contribution in [2.75, 3.05) is 30.8 Å². The van der Waals surface area contributed by atoms with Crippen molar-refractivity contribution >= 4 is 45.7 Å². The molecule has 2 aliphatic rings. The molecule has 1 amide bonds. The van der Waals surface area contributed by atoms with Gasteiger partial charge in [-0.25, -0.2) is 4.98 Å². The van der Waals surface area contributed by atoms with Crippen molar-refractivity contribution in [3.63, 3.8) is 0 Å². The molecule has 2 aliphatic heterocycles. The number of ketones is 1. The van der Waals surface area contributed by atoms with Gasteiger partial charge in [0.25, 0.3) is 5.91 Å². The quantitative estimate of drug-likeness (QED) is 0.361. The summed E-state index contributed by atoms with van der Waals surface area (Å²) >= 11 is 6.53. The van der Waals surface area contributed by atoms with Crippen molar-refractivity contribution in [2.24, 2.45) is 0 Å². The minimum absolute atomic E-state index is 0.0871. The number of anilines is 2. The van der Waals surface area contributed by atoms with Crippen LogP contribution < -0.4 is 15.4 Å². The number of aromatic nitrogens is 2. The monoisotopic (exact) mass is 487 g/mol. The highest BCUT2D eigenvalue weighted by Crippen LogP contribution is 2.41. The van der Waals surface area contributed by atoms with E-state index in [1.165, 1.54) is 0 Å². The highest BCUT2D eigenvalue weighted by molar-refractivity contribution is 6.36. The number of aromatic amines is 1. The molecule has 0 radical (unpaired) electrons. The molecular weight excluding hydrogens is 466 g/mol. The highest BCUT2D eigenvalue weighted by Gasteiger charge is 2.47. The number of hydrogen-bond acceptors (Lipinski definition) is 6. The smallest absolute Gasteiger partial charge is 0.251 e. The van der Waals surface area contributed by atoms with Gasteiger partial charge in [0.15, 0.2) is 5.78 Å². The van der Waals surface area contributed by atoms with Crippen LogP contribution in [0.2, 0.25) is 5.02 Å². The van der Waals surface area contributed by atoms with E-state index in [0.717, 1.165) is 6.54 Å². The van der Waals surface area contributed by atoms with Gasteiger partial charge in [-0.05, 0) is 37.7 Å². The maximum Gasteiger partial charge on any atom is 0.251 e. The van der Waals surface area contributed by atoms with Crippen LogP contribution in [0.5, 0.6) is 11.5 Å². The lowest BCUT2D eigenvalue weighted by atomic mass is 9.92. The molecule has 6 rings (SSSR count).